The van der Waals surface area contributed by atoms with Gasteiger partial charge in [-0.2, -0.15) is 0 Å². The van der Waals surface area contributed by atoms with Crippen LogP contribution in [0.15, 0.2) is 79.4 Å². The monoisotopic (exact) mass is 463 g/mol. The Kier molecular flexibility index (Phi) is 6.80. The Balaban J connectivity index is 1.54. The van der Waals surface area contributed by atoms with E-state index in [1.807, 2.05) is 30.3 Å². The number of methoxy groups -OCH3 is 2. The molecule has 0 aliphatic heterocycles. The molecule has 4 aromatic rings. The van der Waals surface area contributed by atoms with Crippen LogP contribution < -0.4 is 19.5 Å². The summed E-state index contributed by atoms with van der Waals surface area (Å²) < 4.78 is 18.7. The summed E-state index contributed by atoms with van der Waals surface area (Å²) in [5.74, 6) is 0.869. The minimum absolute atomic E-state index is 0.334. The van der Waals surface area contributed by atoms with Gasteiger partial charge in [-0.1, -0.05) is 41.9 Å². The van der Waals surface area contributed by atoms with Crippen LogP contribution in [0.5, 0.6) is 17.2 Å². The van der Waals surface area contributed by atoms with E-state index in [1.54, 1.807) is 53.6 Å². The van der Waals surface area contributed by atoms with E-state index in [9.17, 15) is 4.79 Å². The predicted molar refractivity (Wildman–Crippen MR) is 127 cm³/mol. The van der Waals surface area contributed by atoms with Crippen LogP contribution in [-0.4, -0.2) is 29.7 Å². The van der Waals surface area contributed by atoms with Crippen molar-refractivity contribution in [2.24, 2.45) is 0 Å². The van der Waals surface area contributed by atoms with Crippen molar-refractivity contribution < 1.29 is 19.0 Å². The van der Waals surface area contributed by atoms with Crippen LogP contribution in [-0.2, 0) is 6.61 Å². The quantitative estimate of drug-likeness (QED) is 0.380. The molecule has 0 spiro atoms. The third-order valence-corrected chi connectivity index (χ3v) is 5.24. The lowest BCUT2D eigenvalue weighted by Crippen LogP contribution is -2.13. The Morgan fingerprint density at radius 3 is 2.36 bits per heavy atom. The summed E-state index contributed by atoms with van der Waals surface area (Å²) in [4.78, 5) is 17.0. The zero-order valence-electron chi connectivity index (χ0n) is 18.1. The Hall–Kier alpha value is -3.97. The van der Waals surface area contributed by atoms with Crippen LogP contribution in [0.4, 0.5) is 5.69 Å². The number of nitrogens with one attached hydrogen (secondary N) is 1. The molecule has 7 nitrogen and oxygen atoms in total. The van der Waals surface area contributed by atoms with Crippen LogP contribution in [0.25, 0.3) is 5.69 Å². The summed E-state index contributed by atoms with van der Waals surface area (Å²) in [7, 11) is 3.03. The largest absolute Gasteiger partial charge is 0.493 e. The van der Waals surface area contributed by atoms with Gasteiger partial charge >= 0.3 is 0 Å². The van der Waals surface area contributed by atoms with Crippen molar-refractivity contribution in [2.45, 2.75) is 6.61 Å². The highest BCUT2D eigenvalue weighted by molar-refractivity contribution is 6.32. The maximum atomic E-state index is 12.9. The molecular formula is C25H22ClN3O4. The minimum atomic E-state index is -0.340. The average molecular weight is 464 g/mol. The number of benzene rings is 3. The van der Waals surface area contributed by atoms with E-state index in [2.05, 4.69) is 10.3 Å². The summed E-state index contributed by atoms with van der Waals surface area (Å²) in [5.41, 5.74) is 2.66. The molecule has 0 saturated heterocycles. The second-order valence-electron chi connectivity index (χ2n) is 7.07. The standard InChI is InChI=1S/C25H22ClN3O4/c1-31-22-12-18(13-23(32-2)24(22)33-15-17-6-4-3-5-7-17)25(30)28-19-8-9-21(20(26)14-19)29-11-10-27-16-29/h3-14,16H,15H2,1-2H3,(H,28,30). The molecule has 0 saturated carbocycles. The second-order valence-corrected chi connectivity index (χ2v) is 7.48. The van der Waals surface area contributed by atoms with E-state index < -0.39 is 0 Å². The molecular weight excluding hydrogens is 442 g/mol. The first-order chi connectivity index (χ1) is 16.1. The molecule has 33 heavy (non-hydrogen) atoms. The molecule has 3 aromatic carbocycles. The van der Waals surface area contributed by atoms with Gasteiger partial charge in [-0.3, -0.25) is 4.79 Å². The fourth-order valence-corrected chi connectivity index (χ4v) is 3.56. The van der Waals surface area contributed by atoms with E-state index in [-0.39, 0.29) is 5.91 Å². The number of aromatic nitrogens is 2. The zero-order valence-corrected chi connectivity index (χ0v) is 18.9. The number of hydrogen-bond donors (Lipinski definition) is 1. The number of hydrogen-bond acceptors (Lipinski definition) is 5. The van der Waals surface area contributed by atoms with Crippen molar-refractivity contribution >= 4 is 23.2 Å². The molecule has 1 N–H and O–H groups in total. The number of imidazole rings is 1. The number of rotatable bonds is 8. The first-order valence-electron chi connectivity index (χ1n) is 10.1. The van der Waals surface area contributed by atoms with Gasteiger partial charge in [0, 0.05) is 23.6 Å². The summed E-state index contributed by atoms with van der Waals surface area (Å²) >= 11 is 6.40. The van der Waals surface area contributed by atoms with Crippen molar-refractivity contribution in [3.8, 4) is 22.9 Å². The molecule has 1 aromatic heterocycles. The predicted octanol–water partition coefficient (Wildman–Crippen LogP) is 5.37. The van der Waals surface area contributed by atoms with Gasteiger partial charge in [-0.05, 0) is 35.9 Å². The summed E-state index contributed by atoms with van der Waals surface area (Å²) in [5, 5.41) is 3.33. The maximum Gasteiger partial charge on any atom is 0.255 e. The smallest absolute Gasteiger partial charge is 0.255 e. The van der Waals surface area contributed by atoms with Gasteiger partial charge < -0.3 is 24.1 Å². The number of anilines is 1. The number of nitrogens with zero attached hydrogens (tertiary/aromatic N) is 2. The molecule has 0 fully saturated rings. The molecule has 0 aliphatic rings. The molecule has 0 atom stereocenters. The van der Waals surface area contributed by atoms with Gasteiger partial charge in [0.15, 0.2) is 11.5 Å². The average Bonchev–Trinajstić information content (AvgIpc) is 3.37. The number of carbonyl (C=O) groups excluding carboxylic acids is 1. The fourth-order valence-electron chi connectivity index (χ4n) is 3.28. The zero-order chi connectivity index (χ0) is 23.2. The number of ether oxygens (including phenoxy) is 3. The molecule has 0 aliphatic carbocycles. The molecule has 0 bridgehead atoms. The SMILES string of the molecule is COc1cc(C(=O)Nc2ccc(-n3ccnc3)c(Cl)c2)cc(OC)c1OCc1ccccc1. The first-order valence-corrected chi connectivity index (χ1v) is 10.5. The minimum Gasteiger partial charge on any atom is -0.493 e. The van der Waals surface area contributed by atoms with Crippen LogP contribution in [0.2, 0.25) is 5.02 Å². The Bertz CT molecular complexity index is 1220. The lowest BCUT2D eigenvalue weighted by atomic mass is 10.1. The van der Waals surface area contributed by atoms with Gasteiger partial charge in [0.1, 0.15) is 6.61 Å². The van der Waals surface area contributed by atoms with E-state index in [0.717, 1.165) is 11.3 Å². The number of carbonyl (C=O) groups is 1. The Labute approximate surface area is 196 Å². The molecule has 0 radical (unpaired) electrons. The third-order valence-electron chi connectivity index (χ3n) is 4.94. The summed E-state index contributed by atoms with van der Waals surface area (Å²) in [6, 6.07) is 18.2. The maximum absolute atomic E-state index is 12.9. The highest BCUT2D eigenvalue weighted by atomic mass is 35.5. The summed E-state index contributed by atoms with van der Waals surface area (Å²) in [6.07, 6.45) is 5.11. The van der Waals surface area contributed by atoms with Crippen LogP contribution in [0.3, 0.4) is 0 Å². The van der Waals surface area contributed by atoms with Gasteiger partial charge in [0.2, 0.25) is 5.75 Å². The van der Waals surface area contributed by atoms with Gasteiger partial charge in [0.25, 0.3) is 5.91 Å². The van der Waals surface area contributed by atoms with Gasteiger partial charge in [0.05, 0.1) is 31.3 Å². The van der Waals surface area contributed by atoms with E-state index in [0.29, 0.717) is 40.1 Å². The van der Waals surface area contributed by atoms with Crippen molar-refractivity contribution in [3.05, 3.63) is 95.5 Å². The second kappa shape index (κ2) is 10.1. The lowest BCUT2D eigenvalue weighted by Gasteiger charge is -2.16. The van der Waals surface area contributed by atoms with Gasteiger partial charge in [-0.25, -0.2) is 4.98 Å². The molecule has 1 heterocycles. The highest BCUT2D eigenvalue weighted by Gasteiger charge is 2.18. The van der Waals surface area contributed by atoms with Crippen molar-refractivity contribution in [3.63, 3.8) is 0 Å². The van der Waals surface area contributed by atoms with Crippen LogP contribution in [0.1, 0.15) is 15.9 Å². The van der Waals surface area contributed by atoms with E-state index in [4.69, 9.17) is 25.8 Å². The first kappa shape index (κ1) is 22.2. The third kappa shape index (κ3) is 5.10. The topological polar surface area (TPSA) is 74.6 Å². The number of halogens is 1. The molecule has 8 heteroatoms. The highest BCUT2D eigenvalue weighted by Crippen LogP contribution is 2.39. The Morgan fingerprint density at radius 2 is 1.76 bits per heavy atom. The summed E-state index contributed by atoms with van der Waals surface area (Å²) in [6.45, 7) is 0.334. The molecule has 4 rings (SSSR count). The normalized spacial score (nSPS) is 10.5. The fraction of sp³-hybridized carbons (Fsp3) is 0.120. The van der Waals surface area contributed by atoms with Crippen molar-refractivity contribution in [1.29, 1.82) is 0 Å². The van der Waals surface area contributed by atoms with Crippen molar-refractivity contribution in [2.75, 3.05) is 19.5 Å². The molecule has 168 valence electrons. The Morgan fingerprint density at radius 1 is 1.03 bits per heavy atom. The number of amides is 1. The van der Waals surface area contributed by atoms with E-state index >= 15 is 0 Å². The van der Waals surface area contributed by atoms with Crippen LogP contribution >= 0.6 is 11.6 Å². The van der Waals surface area contributed by atoms with Gasteiger partial charge in [-0.15, -0.1) is 0 Å². The lowest BCUT2D eigenvalue weighted by molar-refractivity contribution is 0.102. The van der Waals surface area contributed by atoms with E-state index in [1.165, 1.54) is 14.2 Å². The van der Waals surface area contributed by atoms with Crippen molar-refractivity contribution in [1.82, 2.24) is 9.55 Å². The van der Waals surface area contributed by atoms with Crippen LogP contribution in [0, 0.1) is 0 Å². The molecule has 0 unspecified atom stereocenters. The molecule has 1 amide bonds.